The highest BCUT2D eigenvalue weighted by Crippen LogP contribution is 2.25. The van der Waals surface area contributed by atoms with Crippen molar-refractivity contribution in [3.05, 3.63) is 77.6 Å². The van der Waals surface area contributed by atoms with Gasteiger partial charge < -0.3 is 5.32 Å². The molecule has 1 aromatic heterocycles. The number of carbonyl (C=O) groups excluding carboxylic acids is 1. The molecule has 0 fully saturated rings. The molecular weight excluding hydrogens is 392 g/mol. The van der Waals surface area contributed by atoms with E-state index in [-0.39, 0.29) is 11.7 Å². The van der Waals surface area contributed by atoms with Crippen LogP contribution in [-0.4, -0.2) is 26.4 Å². The third-order valence-corrected chi connectivity index (χ3v) is 5.70. The van der Waals surface area contributed by atoms with Gasteiger partial charge in [0.05, 0.1) is 11.4 Å². The highest BCUT2D eigenvalue weighted by Gasteiger charge is 2.12. The van der Waals surface area contributed by atoms with Crippen LogP contribution in [0.2, 0.25) is 5.02 Å². The van der Waals surface area contributed by atoms with Crippen molar-refractivity contribution in [3.8, 4) is 5.69 Å². The van der Waals surface area contributed by atoms with E-state index >= 15 is 0 Å². The third kappa shape index (κ3) is 3.88. The Morgan fingerprint density at radius 1 is 1.14 bits per heavy atom. The molecule has 0 aliphatic carbocycles. The SMILES string of the molecule is Cc1ccc(-n2cnnc2SCC(=O)Nc2cccc3ccccc23)cc1Cl. The molecule has 4 rings (SSSR count). The molecule has 0 aliphatic rings. The van der Waals surface area contributed by atoms with Gasteiger partial charge in [-0.25, -0.2) is 0 Å². The van der Waals surface area contributed by atoms with E-state index in [9.17, 15) is 4.79 Å². The Bertz CT molecular complexity index is 1150. The number of nitrogens with zero attached hydrogens (tertiary/aromatic N) is 3. The van der Waals surface area contributed by atoms with Crippen LogP contribution in [0.15, 0.2) is 72.1 Å². The first-order chi connectivity index (χ1) is 13.6. The number of thioether (sulfide) groups is 1. The number of anilines is 1. The summed E-state index contributed by atoms with van der Waals surface area (Å²) < 4.78 is 1.82. The minimum Gasteiger partial charge on any atom is -0.325 e. The first-order valence-electron chi connectivity index (χ1n) is 8.69. The summed E-state index contributed by atoms with van der Waals surface area (Å²) in [5, 5.41) is 14.5. The number of hydrogen-bond donors (Lipinski definition) is 1. The number of amides is 1. The fourth-order valence-electron chi connectivity index (χ4n) is 2.88. The molecule has 4 aromatic rings. The average molecular weight is 409 g/mol. The summed E-state index contributed by atoms with van der Waals surface area (Å²) in [7, 11) is 0. The molecule has 0 saturated heterocycles. The molecule has 0 bridgehead atoms. The molecule has 7 heteroatoms. The standard InChI is InChI=1S/C21H17ClN4OS/c1-14-9-10-16(11-18(14)22)26-13-23-25-21(26)28-12-20(27)24-19-8-4-6-15-5-2-3-7-17(15)19/h2-11,13H,12H2,1H3,(H,24,27). The molecular formula is C21H17ClN4OS. The fraction of sp³-hybridized carbons (Fsp3) is 0.0952. The summed E-state index contributed by atoms with van der Waals surface area (Å²) in [4.78, 5) is 12.5. The maximum atomic E-state index is 12.5. The average Bonchev–Trinajstić information content (AvgIpc) is 3.17. The summed E-state index contributed by atoms with van der Waals surface area (Å²) in [6, 6.07) is 19.6. The van der Waals surface area contributed by atoms with Gasteiger partial charge in [-0.1, -0.05) is 65.8 Å². The monoisotopic (exact) mass is 408 g/mol. The lowest BCUT2D eigenvalue weighted by atomic mass is 10.1. The van der Waals surface area contributed by atoms with Crippen LogP contribution < -0.4 is 5.32 Å². The second kappa shape index (κ2) is 8.04. The number of carbonyl (C=O) groups is 1. The lowest BCUT2D eigenvalue weighted by molar-refractivity contribution is -0.113. The van der Waals surface area contributed by atoms with Gasteiger partial charge >= 0.3 is 0 Å². The van der Waals surface area contributed by atoms with Crippen LogP contribution in [-0.2, 0) is 4.79 Å². The fourth-order valence-corrected chi connectivity index (χ4v) is 3.79. The van der Waals surface area contributed by atoms with E-state index in [1.807, 2.05) is 72.2 Å². The van der Waals surface area contributed by atoms with E-state index in [1.165, 1.54) is 11.8 Å². The lowest BCUT2D eigenvalue weighted by Crippen LogP contribution is -2.14. The van der Waals surface area contributed by atoms with Crippen LogP contribution in [0, 0.1) is 6.92 Å². The second-order valence-corrected chi connectivity index (χ2v) is 7.63. The van der Waals surface area contributed by atoms with Crippen molar-refractivity contribution in [1.29, 1.82) is 0 Å². The van der Waals surface area contributed by atoms with Gasteiger partial charge in [0, 0.05) is 16.1 Å². The summed E-state index contributed by atoms with van der Waals surface area (Å²) >= 11 is 7.55. The number of aryl methyl sites for hydroxylation is 1. The van der Waals surface area contributed by atoms with E-state index in [2.05, 4.69) is 15.5 Å². The van der Waals surface area contributed by atoms with Crippen molar-refractivity contribution in [2.45, 2.75) is 12.1 Å². The Kier molecular flexibility index (Phi) is 5.32. The summed E-state index contributed by atoms with van der Waals surface area (Å²) in [5.74, 6) is 0.124. The first kappa shape index (κ1) is 18.5. The van der Waals surface area contributed by atoms with Gasteiger partial charge in [-0.15, -0.1) is 10.2 Å². The van der Waals surface area contributed by atoms with E-state index < -0.39 is 0 Å². The van der Waals surface area contributed by atoms with Gasteiger partial charge in [0.25, 0.3) is 0 Å². The predicted molar refractivity (Wildman–Crippen MR) is 114 cm³/mol. The van der Waals surface area contributed by atoms with Crippen LogP contribution in [0.3, 0.4) is 0 Å². The van der Waals surface area contributed by atoms with Crippen LogP contribution in [0.1, 0.15) is 5.56 Å². The quantitative estimate of drug-likeness (QED) is 0.466. The highest BCUT2D eigenvalue weighted by molar-refractivity contribution is 7.99. The number of nitrogens with one attached hydrogen (secondary N) is 1. The first-order valence-corrected chi connectivity index (χ1v) is 10.0. The maximum Gasteiger partial charge on any atom is 0.234 e. The maximum absolute atomic E-state index is 12.5. The van der Waals surface area contributed by atoms with E-state index in [0.29, 0.717) is 10.2 Å². The normalized spacial score (nSPS) is 10.9. The van der Waals surface area contributed by atoms with Gasteiger partial charge in [-0.2, -0.15) is 0 Å². The molecule has 140 valence electrons. The highest BCUT2D eigenvalue weighted by atomic mass is 35.5. The van der Waals surface area contributed by atoms with Crippen LogP contribution in [0.25, 0.3) is 16.5 Å². The zero-order valence-electron chi connectivity index (χ0n) is 15.1. The Morgan fingerprint density at radius 2 is 1.96 bits per heavy atom. The summed E-state index contributed by atoms with van der Waals surface area (Å²) in [6.07, 6.45) is 1.62. The second-order valence-electron chi connectivity index (χ2n) is 6.28. The van der Waals surface area contributed by atoms with Gasteiger partial charge in [0.15, 0.2) is 5.16 Å². The molecule has 0 unspecified atom stereocenters. The number of halogens is 1. The topological polar surface area (TPSA) is 59.8 Å². The number of fused-ring (bicyclic) bond motifs is 1. The van der Waals surface area contributed by atoms with Crippen molar-refractivity contribution in [2.24, 2.45) is 0 Å². The predicted octanol–water partition coefficient (Wildman–Crippen LogP) is 5.11. The largest absolute Gasteiger partial charge is 0.325 e. The van der Waals surface area contributed by atoms with Gasteiger partial charge in [0.2, 0.25) is 5.91 Å². The molecule has 5 nitrogen and oxygen atoms in total. The third-order valence-electron chi connectivity index (χ3n) is 4.35. The minimum absolute atomic E-state index is 0.0992. The zero-order chi connectivity index (χ0) is 19.5. The zero-order valence-corrected chi connectivity index (χ0v) is 16.7. The smallest absolute Gasteiger partial charge is 0.234 e. The van der Waals surface area contributed by atoms with Crippen LogP contribution >= 0.6 is 23.4 Å². The van der Waals surface area contributed by atoms with Gasteiger partial charge in [-0.05, 0) is 36.1 Å². The van der Waals surface area contributed by atoms with Gasteiger partial charge in [-0.3, -0.25) is 9.36 Å². The van der Waals surface area contributed by atoms with Crippen LogP contribution in [0.5, 0.6) is 0 Å². The summed E-state index contributed by atoms with van der Waals surface area (Å²) in [5.41, 5.74) is 2.66. The molecule has 3 aromatic carbocycles. The van der Waals surface area contributed by atoms with Crippen molar-refractivity contribution in [2.75, 3.05) is 11.1 Å². The molecule has 1 N–H and O–H groups in total. The van der Waals surface area contributed by atoms with Crippen molar-refractivity contribution in [1.82, 2.24) is 14.8 Å². The Labute approximate surface area is 171 Å². The molecule has 0 spiro atoms. The number of hydrogen-bond acceptors (Lipinski definition) is 4. The number of rotatable bonds is 5. The number of aromatic nitrogens is 3. The van der Waals surface area contributed by atoms with E-state index in [0.717, 1.165) is 27.7 Å². The molecule has 0 aliphatic heterocycles. The van der Waals surface area contributed by atoms with Gasteiger partial charge in [0.1, 0.15) is 6.33 Å². The van der Waals surface area contributed by atoms with E-state index in [1.54, 1.807) is 6.33 Å². The van der Waals surface area contributed by atoms with Crippen molar-refractivity contribution >= 4 is 45.7 Å². The van der Waals surface area contributed by atoms with E-state index in [4.69, 9.17) is 11.6 Å². The minimum atomic E-state index is -0.0992. The number of benzene rings is 3. The Hall–Kier alpha value is -2.83. The Morgan fingerprint density at radius 3 is 2.82 bits per heavy atom. The van der Waals surface area contributed by atoms with Crippen molar-refractivity contribution in [3.63, 3.8) is 0 Å². The summed E-state index contributed by atoms with van der Waals surface area (Å²) in [6.45, 7) is 1.95. The lowest BCUT2D eigenvalue weighted by Gasteiger charge is -2.10. The Balaban J connectivity index is 1.47. The molecule has 0 radical (unpaired) electrons. The molecule has 28 heavy (non-hydrogen) atoms. The van der Waals surface area contributed by atoms with Crippen LogP contribution in [0.4, 0.5) is 5.69 Å². The molecule has 0 saturated carbocycles. The molecule has 1 amide bonds. The van der Waals surface area contributed by atoms with Crippen molar-refractivity contribution < 1.29 is 4.79 Å². The molecule has 1 heterocycles. The molecule has 0 atom stereocenters.